The number of nitrogens with one attached hydrogen (secondary N) is 2. The molecule has 4 aromatic heterocycles. The molecule has 1 aliphatic heterocycles. The van der Waals surface area contributed by atoms with Gasteiger partial charge in [0.15, 0.2) is 11.5 Å². The van der Waals surface area contributed by atoms with E-state index in [1.54, 1.807) is 13.8 Å². The van der Waals surface area contributed by atoms with Crippen LogP contribution in [0.25, 0.3) is 22.6 Å². The average Bonchev–Trinajstić information content (AvgIpc) is 3.27. The van der Waals surface area contributed by atoms with E-state index in [1.165, 1.54) is 16.9 Å². The molecule has 1 amide bonds. The molecule has 37 heavy (non-hydrogen) atoms. The Morgan fingerprint density at radius 2 is 1.95 bits per heavy atom. The Morgan fingerprint density at radius 1 is 1.16 bits per heavy atom. The minimum absolute atomic E-state index is 0.0137. The quantitative estimate of drug-likeness (QED) is 0.368. The van der Waals surface area contributed by atoms with Gasteiger partial charge >= 0.3 is 6.18 Å². The fourth-order valence-electron chi connectivity index (χ4n) is 4.08. The lowest BCUT2D eigenvalue weighted by atomic mass is 9.87. The predicted molar refractivity (Wildman–Crippen MR) is 123 cm³/mol. The summed E-state index contributed by atoms with van der Waals surface area (Å²) in [7, 11) is 0. The summed E-state index contributed by atoms with van der Waals surface area (Å²) in [5.74, 6) is -1.64. The summed E-state index contributed by atoms with van der Waals surface area (Å²) in [5.41, 5.74) is -0.321. The molecular formula is C23H19F5N8O. The van der Waals surface area contributed by atoms with Crippen LogP contribution in [0.1, 0.15) is 31.4 Å². The minimum Gasteiger partial charge on any atom is -0.369 e. The molecule has 2 N–H and O–H groups in total. The number of carbonyl (C=O) groups excluding carboxylic acids is 1. The van der Waals surface area contributed by atoms with Gasteiger partial charge in [0.2, 0.25) is 5.91 Å². The first-order valence-corrected chi connectivity index (χ1v) is 11.1. The van der Waals surface area contributed by atoms with E-state index in [9.17, 15) is 26.7 Å². The van der Waals surface area contributed by atoms with E-state index in [0.717, 1.165) is 18.5 Å². The topological polar surface area (TPSA) is 111 Å². The second-order valence-electron chi connectivity index (χ2n) is 8.99. The van der Waals surface area contributed by atoms with Crippen LogP contribution in [-0.2, 0) is 16.8 Å². The van der Waals surface area contributed by atoms with Crippen LogP contribution in [0.3, 0.4) is 0 Å². The molecule has 0 saturated heterocycles. The molecule has 0 aliphatic carbocycles. The molecule has 4 aromatic rings. The van der Waals surface area contributed by atoms with Gasteiger partial charge in [0, 0.05) is 18.3 Å². The van der Waals surface area contributed by atoms with Crippen molar-refractivity contribution in [2.75, 3.05) is 17.2 Å². The van der Waals surface area contributed by atoms with E-state index >= 15 is 0 Å². The Hall–Kier alpha value is -4.23. The monoisotopic (exact) mass is 518 g/mol. The number of amides is 1. The smallest absolute Gasteiger partial charge is 0.369 e. The minimum atomic E-state index is -4.41. The molecule has 0 saturated carbocycles. The van der Waals surface area contributed by atoms with Gasteiger partial charge in [-0.3, -0.25) is 9.78 Å². The first-order valence-electron chi connectivity index (χ1n) is 11.1. The zero-order chi connectivity index (χ0) is 26.5. The fourth-order valence-corrected chi connectivity index (χ4v) is 4.08. The van der Waals surface area contributed by atoms with E-state index in [1.807, 2.05) is 0 Å². The van der Waals surface area contributed by atoms with Crippen LogP contribution in [0.4, 0.5) is 33.6 Å². The van der Waals surface area contributed by atoms with Crippen molar-refractivity contribution in [3.63, 3.8) is 0 Å². The van der Waals surface area contributed by atoms with Crippen LogP contribution in [-0.4, -0.2) is 48.3 Å². The van der Waals surface area contributed by atoms with Crippen LogP contribution >= 0.6 is 0 Å². The van der Waals surface area contributed by atoms with Crippen LogP contribution < -0.4 is 10.6 Å². The van der Waals surface area contributed by atoms with Gasteiger partial charge in [-0.25, -0.2) is 28.4 Å². The molecule has 9 nitrogen and oxygen atoms in total. The maximum atomic E-state index is 14.2. The molecule has 0 spiro atoms. The Balaban J connectivity index is 1.64. The largest absolute Gasteiger partial charge is 0.390 e. The number of hydrogen-bond donors (Lipinski definition) is 2. The van der Waals surface area contributed by atoms with E-state index in [-0.39, 0.29) is 46.3 Å². The number of alkyl halides is 3. The van der Waals surface area contributed by atoms with E-state index < -0.39 is 42.1 Å². The van der Waals surface area contributed by atoms with Gasteiger partial charge in [-0.1, -0.05) is 0 Å². The molecular weight excluding hydrogens is 499 g/mol. The Labute approximate surface area is 206 Å². The van der Waals surface area contributed by atoms with Gasteiger partial charge in [-0.2, -0.15) is 18.3 Å². The number of nitrogens with zero attached hydrogens (tertiary/aromatic N) is 6. The highest BCUT2D eigenvalue weighted by Gasteiger charge is 2.43. The zero-order valence-corrected chi connectivity index (χ0v) is 19.5. The summed E-state index contributed by atoms with van der Waals surface area (Å²) in [6, 6.07) is 2.61. The molecule has 5 heterocycles. The molecule has 0 atom stereocenters. The van der Waals surface area contributed by atoms with Crippen LogP contribution in [0.15, 0.2) is 30.7 Å². The van der Waals surface area contributed by atoms with Crippen LogP contribution in [0, 0.1) is 11.6 Å². The third-order valence-corrected chi connectivity index (χ3v) is 5.98. The van der Waals surface area contributed by atoms with Gasteiger partial charge in [-0.05, 0) is 26.0 Å². The highest BCUT2D eigenvalue weighted by Crippen LogP contribution is 2.42. The van der Waals surface area contributed by atoms with Crippen molar-refractivity contribution < 1.29 is 26.7 Å². The second-order valence-corrected chi connectivity index (χ2v) is 8.99. The number of anilines is 2. The lowest BCUT2D eigenvalue weighted by Gasteiger charge is -2.19. The van der Waals surface area contributed by atoms with Gasteiger partial charge in [0.05, 0.1) is 41.7 Å². The average molecular weight is 518 g/mol. The number of hydrogen-bond acceptors (Lipinski definition) is 7. The van der Waals surface area contributed by atoms with Crippen LogP contribution in [0.2, 0.25) is 0 Å². The van der Waals surface area contributed by atoms with E-state index in [2.05, 4.69) is 35.7 Å². The molecule has 14 heteroatoms. The number of pyridine rings is 2. The number of carbonyl (C=O) groups is 1. The standard InChI is InChI=1S/C23H19F5N8O/c1-22(2)15-17(30-6-4-23(26,27)28)32-19(33-18(15)34-21(22)37)16-13-7-12(24)8-31-20(13)36(35-16)10-11-3-5-29-9-14(11)25/h3,5,7-9H,4,6,10H2,1-2H3,(H2,30,32,33,34,37). The summed E-state index contributed by atoms with van der Waals surface area (Å²) in [6.07, 6.45) is -2.11. The maximum Gasteiger partial charge on any atom is 0.390 e. The number of halogens is 5. The van der Waals surface area contributed by atoms with Crippen molar-refractivity contribution in [1.82, 2.24) is 29.7 Å². The molecule has 1 aliphatic rings. The lowest BCUT2D eigenvalue weighted by molar-refractivity contribution is -0.131. The lowest BCUT2D eigenvalue weighted by Crippen LogP contribution is -2.28. The van der Waals surface area contributed by atoms with Crippen molar-refractivity contribution in [2.24, 2.45) is 0 Å². The molecule has 0 bridgehead atoms. The van der Waals surface area contributed by atoms with E-state index in [4.69, 9.17) is 0 Å². The molecule has 0 unspecified atom stereocenters. The van der Waals surface area contributed by atoms with E-state index in [0.29, 0.717) is 5.56 Å². The van der Waals surface area contributed by atoms with Gasteiger partial charge < -0.3 is 10.6 Å². The molecule has 5 rings (SSSR count). The van der Waals surface area contributed by atoms with Crippen molar-refractivity contribution in [1.29, 1.82) is 0 Å². The fraction of sp³-hybridized carbons (Fsp3) is 0.304. The Morgan fingerprint density at radius 3 is 2.68 bits per heavy atom. The third-order valence-electron chi connectivity index (χ3n) is 5.98. The first kappa shape index (κ1) is 24.5. The summed E-state index contributed by atoms with van der Waals surface area (Å²) >= 11 is 0. The molecule has 0 radical (unpaired) electrons. The Kier molecular flexibility index (Phi) is 5.76. The SMILES string of the molecule is CC1(C)C(=O)Nc2nc(-c3nn(Cc4ccncc4F)c4ncc(F)cc34)nc(NCCC(F)(F)F)c21. The molecule has 0 aromatic carbocycles. The molecule has 0 fully saturated rings. The summed E-state index contributed by atoms with van der Waals surface area (Å²) in [6.45, 7) is 2.62. The normalized spacial score (nSPS) is 14.6. The van der Waals surface area contributed by atoms with Crippen molar-refractivity contribution >= 4 is 28.6 Å². The van der Waals surface area contributed by atoms with Gasteiger partial charge in [-0.15, -0.1) is 0 Å². The van der Waals surface area contributed by atoms with Crippen molar-refractivity contribution in [3.05, 3.63) is 53.5 Å². The van der Waals surface area contributed by atoms with Gasteiger partial charge in [0.25, 0.3) is 0 Å². The third kappa shape index (κ3) is 4.54. The first-order chi connectivity index (χ1) is 17.4. The highest BCUT2D eigenvalue weighted by molar-refractivity contribution is 6.06. The van der Waals surface area contributed by atoms with Gasteiger partial charge in [0.1, 0.15) is 29.0 Å². The van der Waals surface area contributed by atoms with Crippen molar-refractivity contribution in [3.8, 4) is 11.5 Å². The van der Waals surface area contributed by atoms with Crippen molar-refractivity contribution in [2.45, 2.75) is 38.4 Å². The highest BCUT2D eigenvalue weighted by atomic mass is 19.4. The maximum absolute atomic E-state index is 14.2. The summed E-state index contributed by atoms with van der Waals surface area (Å²) < 4.78 is 68.1. The molecule has 192 valence electrons. The zero-order valence-electron chi connectivity index (χ0n) is 19.5. The number of fused-ring (bicyclic) bond motifs is 2. The Bertz CT molecular complexity index is 1530. The number of rotatable bonds is 6. The second kappa shape index (κ2) is 8.71. The summed E-state index contributed by atoms with van der Waals surface area (Å²) in [4.78, 5) is 29.1. The predicted octanol–water partition coefficient (Wildman–Crippen LogP) is 4.20. The van der Waals surface area contributed by atoms with Crippen LogP contribution in [0.5, 0.6) is 0 Å². The summed E-state index contributed by atoms with van der Waals surface area (Å²) in [5, 5.41) is 9.91. The number of aromatic nitrogens is 6.